The molecule has 0 aliphatic heterocycles. The van der Waals surface area contributed by atoms with Crippen molar-refractivity contribution in [3.05, 3.63) is 108 Å². The third-order valence-corrected chi connectivity index (χ3v) is 5.95. The van der Waals surface area contributed by atoms with Crippen molar-refractivity contribution in [1.29, 1.82) is 0 Å². The van der Waals surface area contributed by atoms with Crippen molar-refractivity contribution >= 4 is 26.7 Å². The van der Waals surface area contributed by atoms with Crippen LogP contribution in [-0.2, 0) is 9.84 Å². The van der Waals surface area contributed by atoms with Gasteiger partial charge in [0, 0.05) is 5.41 Å². The smallest absolute Gasteiger partial charge is 0.199 e. The third-order valence-electron chi connectivity index (χ3n) is 4.52. The van der Waals surface area contributed by atoms with Crippen LogP contribution in [0.15, 0.2) is 107 Å². The van der Waals surface area contributed by atoms with Crippen LogP contribution < -0.4 is 0 Å². The fourth-order valence-electron chi connectivity index (χ4n) is 3.11. The van der Waals surface area contributed by atoms with E-state index in [2.05, 4.69) is 30.3 Å². The zero-order chi connectivity index (χ0) is 18.7. The molecule has 0 N–H and O–H groups in total. The van der Waals surface area contributed by atoms with Crippen molar-refractivity contribution in [2.75, 3.05) is 0 Å². The summed E-state index contributed by atoms with van der Waals surface area (Å²) in [4.78, 5) is 0.300. The molecule has 0 saturated heterocycles. The van der Waals surface area contributed by atoms with Crippen LogP contribution in [0.2, 0.25) is 0 Å². The monoisotopic (exact) mass is 370 g/mol. The van der Waals surface area contributed by atoms with Crippen LogP contribution in [0.4, 0.5) is 0 Å². The molecule has 0 aliphatic rings. The molecule has 2 nitrogen and oxygen atoms in total. The van der Waals surface area contributed by atoms with Crippen molar-refractivity contribution in [1.82, 2.24) is 0 Å². The second-order valence-corrected chi connectivity index (χ2v) is 8.14. The molecule has 0 bridgehead atoms. The van der Waals surface area contributed by atoms with Gasteiger partial charge < -0.3 is 0 Å². The van der Waals surface area contributed by atoms with Gasteiger partial charge in [-0.05, 0) is 45.7 Å². The lowest BCUT2D eigenvalue weighted by Crippen LogP contribution is -1.95. The summed E-state index contributed by atoms with van der Waals surface area (Å²) >= 11 is 0. The molecular formula is C24H18O2S. The molecule has 0 unspecified atom stereocenters. The standard InChI is InChI=1S/C24H18O2S/c25-27(26,22-9-2-1-3-10-22)18-17-19-13-15-21(16-14-19)24-12-6-8-20-7-4-5-11-23(20)24/h1-18H/b18-17+. The summed E-state index contributed by atoms with van der Waals surface area (Å²) < 4.78 is 24.7. The lowest BCUT2D eigenvalue weighted by Gasteiger charge is -2.07. The van der Waals surface area contributed by atoms with Crippen LogP contribution in [0.25, 0.3) is 28.0 Å². The first kappa shape index (κ1) is 17.3. The Kier molecular flexibility index (Phi) is 4.61. The van der Waals surface area contributed by atoms with Crippen LogP contribution in [0.5, 0.6) is 0 Å². The van der Waals surface area contributed by atoms with Crippen molar-refractivity contribution in [3.63, 3.8) is 0 Å². The van der Waals surface area contributed by atoms with Crippen molar-refractivity contribution in [2.45, 2.75) is 4.90 Å². The highest BCUT2D eigenvalue weighted by Gasteiger charge is 2.09. The molecule has 0 spiro atoms. The molecule has 0 amide bonds. The largest absolute Gasteiger partial charge is 0.219 e. The summed E-state index contributed by atoms with van der Waals surface area (Å²) in [7, 11) is -3.43. The zero-order valence-electron chi connectivity index (χ0n) is 14.6. The predicted octanol–water partition coefficient (Wildman–Crippen LogP) is 5.95. The Bertz CT molecular complexity index is 1200. The van der Waals surface area contributed by atoms with E-state index in [9.17, 15) is 8.42 Å². The van der Waals surface area contributed by atoms with Crippen molar-refractivity contribution < 1.29 is 8.42 Å². The third kappa shape index (κ3) is 3.69. The molecule has 0 saturated carbocycles. The summed E-state index contributed by atoms with van der Waals surface area (Å²) in [6.45, 7) is 0. The highest BCUT2D eigenvalue weighted by atomic mass is 32.2. The summed E-state index contributed by atoms with van der Waals surface area (Å²) in [6, 6.07) is 30.9. The maximum Gasteiger partial charge on any atom is 0.199 e. The van der Waals surface area contributed by atoms with Crippen LogP contribution in [-0.4, -0.2) is 8.42 Å². The number of sulfone groups is 1. The molecule has 0 radical (unpaired) electrons. The van der Waals surface area contributed by atoms with Gasteiger partial charge in [-0.1, -0.05) is 84.9 Å². The lowest BCUT2D eigenvalue weighted by atomic mass is 9.97. The van der Waals surface area contributed by atoms with Gasteiger partial charge in [0.2, 0.25) is 0 Å². The Morgan fingerprint density at radius 2 is 1.30 bits per heavy atom. The first-order chi connectivity index (χ1) is 13.1. The van der Waals surface area contributed by atoms with Gasteiger partial charge in [-0.25, -0.2) is 8.42 Å². The molecular weight excluding hydrogens is 352 g/mol. The minimum atomic E-state index is -3.43. The summed E-state index contributed by atoms with van der Waals surface area (Å²) in [5.74, 6) is 0. The normalized spacial score (nSPS) is 11.9. The molecule has 0 fully saturated rings. The van der Waals surface area contributed by atoms with Gasteiger partial charge in [0.15, 0.2) is 9.84 Å². The Balaban J connectivity index is 1.63. The van der Waals surface area contributed by atoms with E-state index in [0.29, 0.717) is 4.90 Å². The molecule has 4 rings (SSSR count). The van der Waals surface area contributed by atoms with Gasteiger partial charge in [0.05, 0.1) is 4.90 Å². The van der Waals surface area contributed by atoms with Gasteiger partial charge in [0.1, 0.15) is 0 Å². The fraction of sp³-hybridized carbons (Fsp3) is 0. The van der Waals surface area contributed by atoms with Gasteiger partial charge in [0.25, 0.3) is 0 Å². The number of benzene rings is 4. The highest BCUT2D eigenvalue weighted by molar-refractivity contribution is 7.94. The molecule has 4 aromatic rings. The predicted molar refractivity (Wildman–Crippen MR) is 112 cm³/mol. The van der Waals surface area contributed by atoms with Crippen molar-refractivity contribution in [2.24, 2.45) is 0 Å². The van der Waals surface area contributed by atoms with Crippen LogP contribution >= 0.6 is 0 Å². The van der Waals surface area contributed by atoms with E-state index >= 15 is 0 Å². The van der Waals surface area contributed by atoms with Crippen molar-refractivity contribution in [3.8, 4) is 11.1 Å². The molecule has 3 heteroatoms. The lowest BCUT2D eigenvalue weighted by molar-refractivity contribution is 0.605. The van der Waals surface area contributed by atoms with E-state index in [4.69, 9.17) is 0 Å². The van der Waals surface area contributed by atoms with Crippen LogP contribution in [0, 0.1) is 0 Å². The molecule has 0 aromatic heterocycles. The van der Waals surface area contributed by atoms with Gasteiger partial charge in [-0.15, -0.1) is 0 Å². The number of hydrogen-bond acceptors (Lipinski definition) is 2. The molecule has 0 heterocycles. The van der Waals surface area contributed by atoms with Crippen LogP contribution in [0.1, 0.15) is 5.56 Å². The molecule has 27 heavy (non-hydrogen) atoms. The first-order valence-electron chi connectivity index (χ1n) is 8.70. The topological polar surface area (TPSA) is 34.1 Å². The summed E-state index contributed by atoms with van der Waals surface area (Å²) in [6.07, 6.45) is 1.63. The summed E-state index contributed by atoms with van der Waals surface area (Å²) in [5.41, 5.74) is 3.12. The number of hydrogen-bond donors (Lipinski definition) is 0. The molecule has 0 aliphatic carbocycles. The Morgan fingerprint density at radius 1 is 0.630 bits per heavy atom. The fourth-order valence-corrected chi connectivity index (χ4v) is 4.14. The van der Waals surface area contributed by atoms with E-state index in [0.717, 1.165) is 11.1 Å². The van der Waals surface area contributed by atoms with Crippen LogP contribution in [0.3, 0.4) is 0 Å². The number of rotatable bonds is 4. The Labute approximate surface area is 159 Å². The molecule has 132 valence electrons. The average molecular weight is 370 g/mol. The Morgan fingerprint density at radius 3 is 2.07 bits per heavy atom. The average Bonchev–Trinajstić information content (AvgIpc) is 2.73. The summed E-state index contributed by atoms with van der Waals surface area (Å²) in [5, 5.41) is 3.66. The van der Waals surface area contributed by atoms with E-state index in [1.807, 2.05) is 36.4 Å². The molecule has 4 aromatic carbocycles. The second-order valence-electron chi connectivity index (χ2n) is 6.31. The van der Waals surface area contributed by atoms with Gasteiger partial charge in [-0.3, -0.25) is 0 Å². The Hall–Kier alpha value is -3.17. The minimum absolute atomic E-state index is 0.300. The second kappa shape index (κ2) is 7.22. The number of fused-ring (bicyclic) bond motifs is 1. The molecule has 0 atom stereocenters. The minimum Gasteiger partial charge on any atom is -0.219 e. The SMILES string of the molecule is O=S(=O)(/C=C/c1ccc(-c2cccc3ccccc23)cc1)c1ccccc1. The van der Waals surface area contributed by atoms with E-state index in [1.165, 1.54) is 21.7 Å². The maximum absolute atomic E-state index is 12.4. The first-order valence-corrected chi connectivity index (χ1v) is 10.2. The quantitative estimate of drug-likeness (QED) is 0.445. The highest BCUT2D eigenvalue weighted by Crippen LogP contribution is 2.28. The van der Waals surface area contributed by atoms with E-state index in [1.54, 1.807) is 36.4 Å². The van der Waals surface area contributed by atoms with E-state index < -0.39 is 9.84 Å². The van der Waals surface area contributed by atoms with E-state index in [-0.39, 0.29) is 0 Å². The zero-order valence-corrected chi connectivity index (χ0v) is 15.4. The van der Waals surface area contributed by atoms with Gasteiger partial charge in [-0.2, -0.15) is 0 Å². The van der Waals surface area contributed by atoms with Gasteiger partial charge >= 0.3 is 0 Å². The maximum atomic E-state index is 12.4.